The smallest absolute Gasteiger partial charge is 0.259 e. The monoisotopic (exact) mass is 342 g/mol. The number of rotatable bonds is 4. The Labute approximate surface area is 147 Å². The van der Waals surface area contributed by atoms with Gasteiger partial charge in [0.15, 0.2) is 0 Å². The molecule has 2 fully saturated rings. The zero-order chi connectivity index (χ0) is 17.6. The largest absolute Gasteiger partial charge is 0.349 e. The molecule has 1 aliphatic carbocycles. The third-order valence-corrected chi connectivity index (χ3v) is 5.24. The molecule has 0 aromatic carbocycles. The summed E-state index contributed by atoms with van der Waals surface area (Å²) in [6, 6.07) is 2.60. The molecule has 134 valence electrons. The standard InChI is InChI=1S/C19H26N4O2/c1-10(2)17-16-14(18(24)21-13-6-7-20-11(3)8-13)9-15(12-4-5-12)22-19(16)25-23-17/h9-13,20H,4-8H2,1-3H3,(H,21,24). The van der Waals surface area contributed by atoms with Gasteiger partial charge in [0.05, 0.1) is 16.6 Å². The number of carbonyl (C=O) groups excluding carboxylic acids is 1. The zero-order valence-corrected chi connectivity index (χ0v) is 15.1. The topological polar surface area (TPSA) is 80.1 Å². The SMILES string of the molecule is CC1CC(NC(=O)c2cc(C3CC3)nc3onc(C(C)C)c23)CCN1. The van der Waals surface area contributed by atoms with Gasteiger partial charge in [0, 0.05) is 23.7 Å². The molecule has 2 atom stereocenters. The van der Waals surface area contributed by atoms with Gasteiger partial charge >= 0.3 is 0 Å². The Morgan fingerprint density at radius 1 is 1.36 bits per heavy atom. The Morgan fingerprint density at radius 3 is 2.84 bits per heavy atom. The number of pyridine rings is 1. The summed E-state index contributed by atoms with van der Waals surface area (Å²) in [4.78, 5) is 17.7. The first-order chi connectivity index (χ1) is 12.0. The normalized spacial score (nSPS) is 24.0. The second-order valence-electron chi connectivity index (χ2n) is 7.82. The van der Waals surface area contributed by atoms with Gasteiger partial charge in [-0.1, -0.05) is 19.0 Å². The molecule has 4 rings (SSSR count). The van der Waals surface area contributed by atoms with Crippen molar-refractivity contribution in [2.24, 2.45) is 0 Å². The van der Waals surface area contributed by atoms with E-state index in [0.717, 1.165) is 49.0 Å². The van der Waals surface area contributed by atoms with Crippen LogP contribution in [0.25, 0.3) is 11.1 Å². The first-order valence-corrected chi connectivity index (χ1v) is 9.37. The molecule has 6 heteroatoms. The summed E-state index contributed by atoms with van der Waals surface area (Å²) < 4.78 is 5.48. The fourth-order valence-corrected chi connectivity index (χ4v) is 3.68. The van der Waals surface area contributed by atoms with Crippen LogP contribution in [0.5, 0.6) is 0 Å². The highest BCUT2D eigenvalue weighted by Gasteiger charge is 2.30. The molecular weight excluding hydrogens is 316 g/mol. The van der Waals surface area contributed by atoms with Crippen LogP contribution in [-0.4, -0.2) is 34.7 Å². The minimum absolute atomic E-state index is 0.0292. The predicted octanol–water partition coefficient (Wildman–Crippen LogP) is 3.09. The molecule has 1 amide bonds. The van der Waals surface area contributed by atoms with E-state index in [4.69, 9.17) is 4.52 Å². The zero-order valence-electron chi connectivity index (χ0n) is 15.1. The molecule has 2 aromatic heterocycles. The van der Waals surface area contributed by atoms with E-state index in [9.17, 15) is 4.79 Å². The van der Waals surface area contributed by atoms with Crippen LogP contribution in [0.15, 0.2) is 10.6 Å². The van der Waals surface area contributed by atoms with E-state index in [1.165, 1.54) is 0 Å². The van der Waals surface area contributed by atoms with Crippen LogP contribution in [0, 0.1) is 0 Å². The maximum absolute atomic E-state index is 13.1. The number of nitrogens with zero attached hydrogens (tertiary/aromatic N) is 2. The van der Waals surface area contributed by atoms with Crippen molar-refractivity contribution in [2.45, 2.75) is 70.4 Å². The maximum atomic E-state index is 13.1. The van der Waals surface area contributed by atoms with E-state index >= 15 is 0 Å². The fraction of sp³-hybridized carbons (Fsp3) is 0.632. The second kappa shape index (κ2) is 6.41. The van der Waals surface area contributed by atoms with Crippen LogP contribution in [-0.2, 0) is 0 Å². The van der Waals surface area contributed by atoms with Crippen LogP contribution in [0.1, 0.15) is 80.0 Å². The Kier molecular flexibility index (Phi) is 4.23. The average molecular weight is 342 g/mol. The van der Waals surface area contributed by atoms with E-state index in [2.05, 4.69) is 41.5 Å². The van der Waals surface area contributed by atoms with Crippen LogP contribution >= 0.6 is 0 Å². The lowest BCUT2D eigenvalue weighted by atomic mass is 9.98. The van der Waals surface area contributed by atoms with Gasteiger partial charge < -0.3 is 15.2 Å². The molecular formula is C19H26N4O2. The lowest BCUT2D eigenvalue weighted by Gasteiger charge is -2.28. The summed E-state index contributed by atoms with van der Waals surface area (Å²) in [5.41, 5.74) is 2.94. The van der Waals surface area contributed by atoms with Gasteiger partial charge in [-0.2, -0.15) is 0 Å². The van der Waals surface area contributed by atoms with Crippen molar-refractivity contribution < 1.29 is 9.32 Å². The maximum Gasteiger partial charge on any atom is 0.259 e. The number of hydrogen-bond donors (Lipinski definition) is 2. The third kappa shape index (κ3) is 3.27. The molecule has 1 saturated carbocycles. The van der Waals surface area contributed by atoms with Crippen molar-refractivity contribution in [3.8, 4) is 0 Å². The van der Waals surface area contributed by atoms with E-state index in [0.29, 0.717) is 23.2 Å². The Bertz CT molecular complexity index is 794. The summed E-state index contributed by atoms with van der Waals surface area (Å²) in [6.45, 7) is 7.21. The number of nitrogens with one attached hydrogen (secondary N) is 2. The molecule has 3 heterocycles. The van der Waals surface area contributed by atoms with Crippen LogP contribution < -0.4 is 10.6 Å². The van der Waals surface area contributed by atoms with Gasteiger partial charge in [0.2, 0.25) is 0 Å². The van der Waals surface area contributed by atoms with Crippen LogP contribution in [0.4, 0.5) is 0 Å². The molecule has 2 unspecified atom stereocenters. The lowest BCUT2D eigenvalue weighted by molar-refractivity contribution is 0.0927. The predicted molar refractivity (Wildman–Crippen MR) is 95.8 cm³/mol. The average Bonchev–Trinajstić information content (AvgIpc) is 3.33. The summed E-state index contributed by atoms with van der Waals surface area (Å²) in [6.07, 6.45) is 4.18. The van der Waals surface area contributed by atoms with Gasteiger partial charge in [-0.05, 0) is 51.1 Å². The summed E-state index contributed by atoms with van der Waals surface area (Å²) in [5.74, 6) is 0.612. The Balaban J connectivity index is 1.70. The number of aromatic nitrogens is 2. The highest BCUT2D eigenvalue weighted by atomic mass is 16.5. The molecule has 2 aromatic rings. The summed E-state index contributed by atoms with van der Waals surface area (Å²) >= 11 is 0. The molecule has 0 radical (unpaired) electrons. The third-order valence-electron chi connectivity index (χ3n) is 5.24. The molecule has 2 N–H and O–H groups in total. The van der Waals surface area contributed by atoms with Crippen LogP contribution in [0.2, 0.25) is 0 Å². The van der Waals surface area contributed by atoms with Gasteiger partial charge in [0.1, 0.15) is 0 Å². The van der Waals surface area contributed by atoms with Crippen molar-refractivity contribution in [1.82, 2.24) is 20.8 Å². The van der Waals surface area contributed by atoms with Gasteiger partial charge in [-0.3, -0.25) is 4.79 Å². The molecule has 25 heavy (non-hydrogen) atoms. The molecule has 0 bridgehead atoms. The first-order valence-electron chi connectivity index (χ1n) is 9.37. The molecule has 0 spiro atoms. The van der Waals surface area contributed by atoms with Gasteiger partial charge in [-0.25, -0.2) is 4.98 Å². The van der Waals surface area contributed by atoms with E-state index < -0.39 is 0 Å². The van der Waals surface area contributed by atoms with Gasteiger partial charge in [0.25, 0.3) is 11.6 Å². The highest BCUT2D eigenvalue weighted by Crippen LogP contribution is 2.41. The quantitative estimate of drug-likeness (QED) is 0.892. The Morgan fingerprint density at radius 2 is 2.16 bits per heavy atom. The second-order valence-corrected chi connectivity index (χ2v) is 7.82. The lowest BCUT2D eigenvalue weighted by Crippen LogP contribution is -2.46. The van der Waals surface area contributed by atoms with E-state index in [-0.39, 0.29) is 17.9 Å². The van der Waals surface area contributed by atoms with Crippen molar-refractivity contribution in [3.05, 3.63) is 23.0 Å². The number of hydrogen-bond acceptors (Lipinski definition) is 5. The van der Waals surface area contributed by atoms with Crippen molar-refractivity contribution in [2.75, 3.05) is 6.54 Å². The van der Waals surface area contributed by atoms with Crippen molar-refractivity contribution in [3.63, 3.8) is 0 Å². The Hall–Kier alpha value is -1.95. The van der Waals surface area contributed by atoms with Crippen molar-refractivity contribution in [1.29, 1.82) is 0 Å². The van der Waals surface area contributed by atoms with Crippen molar-refractivity contribution >= 4 is 17.0 Å². The number of amides is 1. The van der Waals surface area contributed by atoms with Crippen LogP contribution in [0.3, 0.4) is 0 Å². The van der Waals surface area contributed by atoms with E-state index in [1.54, 1.807) is 0 Å². The molecule has 6 nitrogen and oxygen atoms in total. The number of piperidine rings is 1. The number of carbonyl (C=O) groups is 1. The van der Waals surface area contributed by atoms with E-state index in [1.807, 2.05) is 6.07 Å². The minimum atomic E-state index is -0.0292. The molecule has 2 aliphatic rings. The summed E-state index contributed by atoms with van der Waals surface area (Å²) in [7, 11) is 0. The molecule has 1 aliphatic heterocycles. The van der Waals surface area contributed by atoms with Gasteiger partial charge in [-0.15, -0.1) is 0 Å². The molecule has 1 saturated heterocycles. The summed E-state index contributed by atoms with van der Waals surface area (Å²) in [5, 5.41) is 11.6. The minimum Gasteiger partial charge on any atom is -0.349 e. The first kappa shape index (κ1) is 16.5. The fourth-order valence-electron chi connectivity index (χ4n) is 3.68. The highest BCUT2D eigenvalue weighted by molar-refractivity contribution is 6.06. The number of fused-ring (bicyclic) bond motifs is 1.